The van der Waals surface area contributed by atoms with Gasteiger partial charge in [-0.2, -0.15) is 22.0 Å². The van der Waals surface area contributed by atoms with Gasteiger partial charge in [0.1, 0.15) is 0 Å². The number of hydrogen-bond acceptors (Lipinski definition) is 1. The molecule has 7 heteroatoms. The Balaban J connectivity index is 1.64. The van der Waals surface area contributed by atoms with Gasteiger partial charge in [0.25, 0.3) is 5.83 Å². The predicted octanol–water partition coefficient (Wildman–Crippen LogP) is 8.35. The minimum absolute atomic E-state index is 0.161. The van der Waals surface area contributed by atoms with Crippen LogP contribution in [0.15, 0.2) is 54.4 Å². The fourth-order valence-corrected chi connectivity index (χ4v) is 4.13. The van der Waals surface area contributed by atoms with Crippen molar-refractivity contribution in [3.8, 4) is 17.6 Å². The standard InChI is InChI=1S/C26H24F6O/c1-2-3-17-6-11-20(12-7-17)21-13-8-18(9-14-21)4-5-19-10-15-23(22(27)16-19)33-26(31,32)24(28)25(29)30/h8-10,13-17,20H,2-3,6-7,11-12H2,1H3. The topological polar surface area (TPSA) is 9.23 Å². The summed E-state index contributed by atoms with van der Waals surface area (Å²) in [5.74, 6) is 1.55. The van der Waals surface area contributed by atoms with Gasteiger partial charge in [0, 0.05) is 11.1 Å². The molecule has 0 heterocycles. The van der Waals surface area contributed by atoms with E-state index in [0.29, 0.717) is 11.5 Å². The van der Waals surface area contributed by atoms with Crippen molar-refractivity contribution in [3.63, 3.8) is 0 Å². The van der Waals surface area contributed by atoms with Crippen LogP contribution in [0.3, 0.4) is 0 Å². The number of ether oxygens (including phenoxy) is 1. The van der Waals surface area contributed by atoms with Crippen molar-refractivity contribution in [2.24, 2.45) is 5.92 Å². The van der Waals surface area contributed by atoms with E-state index < -0.39 is 29.6 Å². The van der Waals surface area contributed by atoms with Crippen LogP contribution in [-0.2, 0) is 0 Å². The molecule has 1 aliphatic carbocycles. The fraction of sp³-hybridized carbons (Fsp3) is 0.385. The van der Waals surface area contributed by atoms with Crippen LogP contribution in [0.1, 0.15) is 68.1 Å². The van der Waals surface area contributed by atoms with Crippen molar-refractivity contribution in [2.75, 3.05) is 0 Å². The third-order valence-corrected chi connectivity index (χ3v) is 5.87. The zero-order chi connectivity index (χ0) is 24.0. The average Bonchev–Trinajstić information content (AvgIpc) is 2.80. The zero-order valence-electron chi connectivity index (χ0n) is 18.1. The molecule has 2 aromatic carbocycles. The average molecular weight is 466 g/mol. The third kappa shape index (κ3) is 6.56. The number of halogens is 6. The van der Waals surface area contributed by atoms with Crippen molar-refractivity contribution < 1.29 is 31.1 Å². The van der Waals surface area contributed by atoms with Crippen LogP contribution in [0.2, 0.25) is 0 Å². The van der Waals surface area contributed by atoms with Crippen LogP contribution in [0, 0.1) is 23.6 Å². The largest absolute Gasteiger partial charge is 0.459 e. The first kappa shape index (κ1) is 24.8. The number of rotatable bonds is 6. The normalized spacial score (nSPS) is 18.3. The van der Waals surface area contributed by atoms with Gasteiger partial charge < -0.3 is 4.74 Å². The second kappa shape index (κ2) is 10.8. The van der Waals surface area contributed by atoms with Gasteiger partial charge in [-0.05, 0) is 73.4 Å². The molecular weight excluding hydrogens is 442 g/mol. The highest BCUT2D eigenvalue weighted by Crippen LogP contribution is 2.37. The Hall–Kier alpha value is -2.88. The van der Waals surface area contributed by atoms with E-state index >= 15 is 0 Å². The predicted molar refractivity (Wildman–Crippen MR) is 114 cm³/mol. The maximum atomic E-state index is 14.1. The van der Waals surface area contributed by atoms with E-state index in [1.807, 2.05) is 24.3 Å². The van der Waals surface area contributed by atoms with Gasteiger partial charge in [-0.3, -0.25) is 0 Å². The second-order valence-corrected chi connectivity index (χ2v) is 8.22. The molecule has 0 aliphatic heterocycles. The summed E-state index contributed by atoms with van der Waals surface area (Å²) in [6.07, 6.45) is -0.834. The Bertz CT molecular complexity index is 1040. The first-order valence-corrected chi connectivity index (χ1v) is 10.9. The van der Waals surface area contributed by atoms with E-state index in [-0.39, 0.29) is 5.56 Å². The molecule has 0 atom stereocenters. The Morgan fingerprint density at radius 2 is 1.55 bits per heavy atom. The van der Waals surface area contributed by atoms with Gasteiger partial charge in [-0.1, -0.05) is 43.7 Å². The van der Waals surface area contributed by atoms with E-state index in [1.165, 1.54) is 50.2 Å². The minimum atomic E-state index is -4.98. The lowest BCUT2D eigenvalue weighted by atomic mass is 9.77. The second-order valence-electron chi connectivity index (χ2n) is 8.22. The monoisotopic (exact) mass is 466 g/mol. The van der Waals surface area contributed by atoms with Crippen LogP contribution in [-0.4, -0.2) is 6.11 Å². The van der Waals surface area contributed by atoms with Crippen molar-refractivity contribution in [2.45, 2.75) is 57.5 Å². The summed E-state index contributed by atoms with van der Waals surface area (Å²) in [5.41, 5.74) is 2.14. The maximum absolute atomic E-state index is 14.1. The zero-order valence-corrected chi connectivity index (χ0v) is 18.1. The fourth-order valence-electron chi connectivity index (χ4n) is 4.13. The van der Waals surface area contributed by atoms with E-state index in [1.54, 1.807) is 0 Å². The molecule has 0 bridgehead atoms. The summed E-state index contributed by atoms with van der Waals surface area (Å²) in [6, 6.07) is 10.6. The number of benzene rings is 2. The summed E-state index contributed by atoms with van der Waals surface area (Å²) in [5, 5.41) is 0. The Kier molecular flexibility index (Phi) is 8.12. The van der Waals surface area contributed by atoms with Gasteiger partial charge >= 0.3 is 12.2 Å². The molecule has 176 valence electrons. The van der Waals surface area contributed by atoms with Crippen molar-refractivity contribution in [3.05, 3.63) is 76.9 Å². The lowest BCUT2D eigenvalue weighted by Gasteiger charge is -2.28. The maximum Gasteiger partial charge on any atom is 0.459 e. The van der Waals surface area contributed by atoms with Crippen LogP contribution < -0.4 is 4.74 Å². The summed E-state index contributed by atoms with van der Waals surface area (Å²) in [4.78, 5) is 0. The van der Waals surface area contributed by atoms with Gasteiger partial charge in [-0.25, -0.2) is 4.39 Å². The molecule has 2 aromatic rings. The molecule has 1 saturated carbocycles. The van der Waals surface area contributed by atoms with Gasteiger partial charge in [0.05, 0.1) is 0 Å². The van der Waals surface area contributed by atoms with Crippen LogP contribution in [0.25, 0.3) is 0 Å². The summed E-state index contributed by atoms with van der Waals surface area (Å²) in [6.45, 7) is 2.22. The van der Waals surface area contributed by atoms with E-state index in [0.717, 1.165) is 18.1 Å². The highest BCUT2D eigenvalue weighted by atomic mass is 19.3. The summed E-state index contributed by atoms with van der Waals surface area (Å²) < 4.78 is 81.4. The Morgan fingerprint density at radius 1 is 0.939 bits per heavy atom. The van der Waals surface area contributed by atoms with Crippen LogP contribution in [0.5, 0.6) is 5.75 Å². The highest BCUT2D eigenvalue weighted by Gasteiger charge is 2.43. The lowest BCUT2D eigenvalue weighted by molar-refractivity contribution is -0.161. The van der Waals surface area contributed by atoms with Crippen LogP contribution in [0.4, 0.5) is 26.3 Å². The molecule has 0 N–H and O–H groups in total. The molecule has 33 heavy (non-hydrogen) atoms. The molecular formula is C26H24F6O. The number of alkyl halides is 2. The van der Waals surface area contributed by atoms with Crippen molar-refractivity contribution in [1.29, 1.82) is 0 Å². The molecule has 0 saturated heterocycles. The Labute approximate surface area is 189 Å². The third-order valence-electron chi connectivity index (χ3n) is 5.87. The summed E-state index contributed by atoms with van der Waals surface area (Å²) in [7, 11) is 0. The molecule has 1 fully saturated rings. The minimum Gasteiger partial charge on any atom is -0.424 e. The smallest absolute Gasteiger partial charge is 0.424 e. The first-order chi connectivity index (χ1) is 15.7. The van der Waals surface area contributed by atoms with Crippen molar-refractivity contribution in [1.82, 2.24) is 0 Å². The van der Waals surface area contributed by atoms with Crippen LogP contribution >= 0.6 is 0 Å². The van der Waals surface area contributed by atoms with E-state index in [9.17, 15) is 26.3 Å². The molecule has 0 spiro atoms. The summed E-state index contributed by atoms with van der Waals surface area (Å²) >= 11 is 0. The molecule has 1 nitrogen and oxygen atoms in total. The lowest BCUT2D eigenvalue weighted by Crippen LogP contribution is -2.26. The molecule has 0 radical (unpaired) electrons. The van der Waals surface area contributed by atoms with Gasteiger partial charge in [0.15, 0.2) is 11.6 Å². The Morgan fingerprint density at radius 3 is 2.12 bits per heavy atom. The SMILES string of the molecule is CCCC1CCC(c2ccc(C#Cc3ccc(OC(F)(F)C(F)=C(F)F)c(F)c3)cc2)CC1. The molecule has 1 aliphatic rings. The molecule has 0 aromatic heterocycles. The van der Waals surface area contributed by atoms with E-state index in [4.69, 9.17) is 0 Å². The molecule has 3 rings (SSSR count). The highest BCUT2D eigenvalue weighted by molar-refractivity contribution is 5.45. The van der Waals surface area contributed by atoms with Gasteiger partial charge in [-0.15, -0.1) is 0 Å². The van der Waals surface area contributed by atoms with Crippen molar-refractivity contribution >= 4 is 0 Å². The quantitative estimate of drug-likeness (QED) is 0.307. The van der Waals surface area contributed by atoms with E-state index in [2.05, 4.69) is 23.5 Å². The molecule has 0 amide bonds. The number of hydrogen-bond donors (Lipinski definition) is 0. The first-order valence-electron chi connectivity index (χ1n) is 10.9. The van der Waals surface area contributed by atoms with Gasteiger partial charge in [0.2, 0.25) is 0 Å². The molecule has 0 unspecified atom stereocenters.